The van der Waals surface area contributed by atoms with Gasteiger partial charge in [0.05, 0.1) is 4.90 Å². The summed E-state index contributed by atoms with van der Waals surface area (Å²) in [5.41, 5.74) is 3.46. The van der Waals surface area contributed by atoms with E-state index in [2.05, 4.69) is 10.0 Å². The molecule has 2 N–H and O–H groups in total. The Kier molecular flexibility index (Phi) is 5.28. The van der Waals surface area contributed by atoms with E-state index in [-0.39, 0.29) is 16.4 Å². The van der Waals surface area contributed by atoms with Crippen LogP contribution in [0, 0.1) is 13.8 Å². The largest absolute Gasteiger partial charge is 0.322 e. The highest BCUT2D eigenvalue weighted by molar-refractivity contribution is 7.92. The Morgan fingerprint density at radius 2 is 1.52 bits per heavy atom. The molecule has 0 bridgehead atoms. The first-order chi connectivity index (χ1) is 12.8. The van der Waals surface area contributed by atoms with Crippen LogP contribution in [0.3, 0.4) is 0 Å². The molecule has 0 aliphatic heterocycles. The Morgan fingerprint density at radius 3 is 2.22 bits per heavy atom. The Bertz CT molecular complexity index is 1080. The maximum Gasteiger partial charge on any atom is 0.261 e. The molecule has 0 fully saturated rings. The van der Waals surface area contributed by atoms with Crippen molar-refractivity contribution in [3.05, 3.63) is 89.5 Å². The summed E-state index contributed by atoms with van der Waals surface area (Å²) in [6.45, 7) is 3.88. The third-order valence-corrected chi connectivity index (χ3v) is 5.58. The van der Waals surface area contributed by atoms with Crippen LogP contribution in [-0.2, 0) is 10.0 Å². The Balaban J connectivity index is 1.83. The van der Waals surface area contributed by atoms with Gasteiger partial charge in [0.15, 0.2) is 0 Å². The lowest BCUT2D eigenvalue weighted by molar-refractivity contribution is 0.102. The van der Waals surface area contributed by atoms with E-state index in [4.69, 9.17) is 0 Å². The molecule has 0 atom stereocenters. The topological polar surface area (TPSA) is 75.3 Å². The van der Waals surface area contributed by atoms with Crippen molar-refractivity contribution in [2.45, 2.75) is 18.7 Å². The van der Waals surface area contributed by atoms with E-state index in [9.17, 15) is 13.2 Å². The Labute approximate surface area is 159 Å². The first kappa shape index (κ1) is 18.7. The third kappa shape index (κ3) is 4.54. The molecule has 0 aromatic heterocycles. The van der Waals surface area contributed by atoms with Gasteiger partial charge in [-0.2, -0.15) is 0 Å². The standard InChI is InChI=1S/C21H20N2O3S/c1-15-11-12-19(13-16(15)2)23-27(25,26)20-10-6-7-17(14-20)21(24)22-18-8-4-3-5-9-18/h3-14,23H,1-2H3,(H,22,24). The van der Waals surface area contributed by atoms with E-state index in [0.29, 0.717) is 11.4 Å². The molecular formula is C21H20N2O3S. The SMILES string of the molecule is Cc1ccc(NS(=O)(=O)c2cccc(C(=O)Nc3ccccc3)c2)cc1C. The predicted octanol–water partition coefficient (Wildman–Crippen LogP) is 4.36. The van der Waals surface area contributed by atoms with Crippen LogP contribution in [0.15, 0.2) is 77.7 Å². The fraction of sp³-hybridized carbons (Fsp3) is 0.0952. The number of carbonyl (C=O) groups excluding carboxylic acids is 1. The minimum absolute atomic E-state index is 0.0291. The maximum atomic E-state index is 12.7. The summed E-state index contributed by atoms with van der Waals surface area (Å²) >= 11 is 0. The summed E-state index contributed by atoms with van der Waals surface area (Å²) in [5, 5.41) is 2.75. The van der Waals surface area contributed by atoms with Crippen molar-refractivity contribution in [2.75, 3.05) is 10.0 Å². The first-order valence-corrected chi connectivity index (χ1v) is 9.90. The van der Waals surface area contributed by atoms with Crippen LogP contribution < -0.4 is 10.0 Å². The van der Waals surface area contributed by atoms with Crippen molar-refractivity contribution < 1.29 is 13.2 Å². The second kappa shape index (κ2) is 7.63. The predicted molar refractivity (Wildman–Crippen MR) is 108 cm³/mol. The maximum absolute atomic E-state index is 12.7. The molecule has 5 nitrogen and oxygen atoms in total. The van der Waals surface area contributed by atoms with Crippen molar-refractivity contribution in [3.8, 4) is 0 Å². The van der Waals surface area contributed by atoms with Crippen LogP contribution in [0.4, 0.5) is 11.4 Å². The smallest absolute Gasteiger partial charge is 0.261 e. The van der Waals surface area contributed by atoms with Crippen molar-refractivity contribution in [1.29, 1.82) is 0 Å². The number of sulfonamides is 1. The van der Waals surface area contributed by atoms with Crippen LogP contribution in [0.25, 0.3) is 0 Å². The van der Waals surface area contributed by atoms with E-state index >= 15 is 0 Å². The van der Waals surface area contributed by atoms with Gasteiger partial charge in [-0.15, -0.1) is 0 Å². The number of anilines is 2. The van der Waals surface area contributed by atoms with E-state index < -0.39 is 10.0 Å². The molecule has 138 valence electrons. The highest BCUT2D eigenvalue weighted by atomic mass is 32.2. The van der Waals surface area contributed by atoms with Crippen LogP contribution in [0.1, 0.15) is 21.5 Å². The van der Waals surface area contributed by atoms with E-state index in [1.165, 1.54) is 12.1 Å². The van der Waals surface area contributed by atoms with Gasteiger partial charge in [-0.25, -0.2) is 8.42 Å². The van der Waals surface area contributed by atoms with Gasteiger partial charge in [0.2, 0.25) is 0 Å². The average molecular weight is 380 g/mol. The molecule has 3 aromatic carbocycles. The normalized spacial score (nSPS) is 11.0. The lowest BCUT2D eigenvalue weighted by Crippen LogP contribution is -2.16. The van der Waals surface area contributed by atoms with Gasteiger partial charge in [-0.1, -0.05) is 30.3 Å². The molecule has 0 heterocycles. The highest BCUT2D eigenvalue weighted by Gasteiger charge is 2.17. The molecule has 0 unspecified atom stereocenters. The van der Waals surface area contributed by atoms with Crippen LogP contribution in [-0.4, -0.2) is 14.3 Å². The van der Waals surface area contributed by atoms with Crippen molar-refractivity contribution in [1.82, 2.24) is 0 Å². The number of amides is 1. The van der Waals surface area contributed by atoms with Crippen molar-refractivity contribution in [2.24, 2.45) is 0 Å². The third-order valence-electron chi connectivity index (χ3n) is 4.20. The number of hydrogen-bond acceptors (Lipinski definition) is 3. The van der Waals surface area contributed by atoms with Gasteiger partial charge >= 0.3 is 0 Å². The second-order valence-corrected chi connectivity index (χ2v) is 7.93. The number of nitrogens with one attached hydrogen (secondary N) is 2. The molecule has 3 aromatic rings. The summed E-state index contributed by atoms with van der Waals surface area (Å²) in [6, 6.07) is 20.3. The summed E-state index contributed by atoms with van der Waals surface area (Å²) in [6.07, 6.45) is 0. The lowest BCUT2D eigenvalue weighted by Gasteiger charge is -2.11. The first-order valence-electron chi connectivity index (χ1n) is 8.42. The van der Waals surface area contributed by atoms with Gasteiger partial charge in [0.1, 0.15) is 0 Å². The lowest BCUT2D eigenvalue weighted by atomic mass is 10.1. The van der Waals surface area contributed by atoms with E-state index in [0.717, 1.165) is 11.1 Å². The van der Waals surface area contributed by atoms with E-state index in [1.807, 2.05) is 38.1 Å². The van der Waals surface area contributed by atoms with Gasteiger partial charge in [0, 0.05) is 16.9 Å². The average Bonchev–Trinajstić information content (AvgIpc) is 2.65. The fourth-order valence-corrected chi connectivity index (χ4v) is 3.64. The quantitative estimate of drug-likeness (QED) is 0.691. The second-order valence-electron chi connectivity index (χ2n) is 6.25. The zero-order valence-corrected chi connectivity index (χ0v) is 15.9. The van der Waals surface area contributed by atoms with Crippen LogP contribution in [0.5, 0.6) is 0 Å². The molecule has 0 saturated heterocycles. The van der Waals surface area contributed by atoms with Crippen molar-refractivity contribution in [3.63, 3.8) is 0 Å². The molecule has 0 aliphatic rings. The molecule has 3 rings (SSSR count). The van der Waals surface area contributed by atoms with Gasteiger partial charge in [-0.05, 0) is 67.4 Å². The molecular weight excluding hydrogens is 360 g/mol. The summed E-state index contributed by atoms with van der Waals surface area (Å²) in [5.74, 6) is -0.371. The zero-order valence-electron chi connectivity index (χ0n) is 15.1. The molecule has 27 heavy (non-hydrogen) atoms. The summed E-state index contributed by atoms with van der Waals surface area (Å²) in [4.78, 5) is 12.4. The van der Waals surface area contributed by atoms with Gasteiger partial charge in [-0.3, -0.25) is 9.52 Å². The van der Waals surface area contributed by atoms with Crippen LogP contribution >= 0.6 is 0 Å². The zero-order chi connectivity index (χ0) is 19.4. The number of para-hydroxylation sites is 1. The van der Waals surface area contributed by atoms with E-state index in [1.54, 1.807) is 36.4 Å². The molecule has 0 saturated carbocycles. The Morgan fingerprint density at radius 1 is 0.778 bits per heavy atom. The number of hydrogen-bond donors (Lipinski definition) is 2. The molecule has 0 spiro atoms. The molecule has 6 heteroatoms. The monoisotopic (exact) mass is 380 g/mol. The highest BCUT2D eigenvalue weighted by Crippen LogP contribution is 2.20. The molecule has 1 amide bonds. The fourth-order valence-electron chi connectivity index (χ4n) is 2.55. The number of rotatable bonds is 5. The minimum atomic E-state index is -3.80. The number of aryl methyl sites for hydroxylation is 2. The van der Waals surface area contributed by atoms with Gasteiger partial charge < -0.3 is 5.32 Å². The molecule has 0 aliphatic carbocycles. The van der Waals surface area contributed by atoms with Gasteiger partial charge in [0.25, 0.3) is 15.9 Å². The summed E-state index contributed by atoms with van der Waals surface area (Å²) < 4.78 is 27.9. The number of carbonyl (C=O) groups is 1. The Hall–Kier alpha value is -3.12. The minimum Gasteiger partial charge on any atom is -0.322 e. The number of benzene rings is 3. The van der Waals surface area contributed by atoms with Crippen molar-refractivity contribution >= 4 is 27.3 Å². The summed E-state index contributed by atoms with van der Waals surface area (Å²) in [7, 11) is -3.80. The van der Waals surface area contributed by atoms with Crippen LogP contribution in [0.2, 0.25) is 0 Å². The molecule has 0 radical (unpaired) electrons.